The van der Waals surface area contributed by atoms with Crippen molar-refractivity contribution >= 4 is 11.0 Å². The lowest BCUT2D eigenvalue weighted by atomic mass is 10.2. The van der Waals surface area contributed by atoms with Crippen molar-refractivity contribution in [3.8, 4) is 0 Å². The van der Waals surface area contributed by atoms with Gasteiger partial charge in [-0.2, -0.15) is 4.98 Å². The van der Waals surface area contributed by atoms with Crippen molar-refractivity contribution in [2.75, 3.05) is 0 Å². The maximum atomic E-state index is 11.9. The van der Waals surface area contributed by atoms with Crippen molar-refractivity contribution < 1.29 is 4.52 Å². The summed E-state index contributed by atoms with van der Waals surface area (Å²) in [6.07, 6.45) is 1.80. The second-order valence-corrected chi connectivity index (χ2v) is 4.74. The van der Waals surface area contributed by atoms with Crippen LogP contribution in [-0.2, 0) is 6.54 Å². The smallest absolute Gasteiger partial charge is 0.251 e. The number of nitrogens with zero attached hydrogens (tertiary/aromatic N) is 3. The molecule has 6 heteroatoms. The van der Waals surface area contributed by atoms with Gasteiger partial charge in [0.2, 0.25) is 5.89 Å². The van der Waals surface area contributed by atoms with Gasteiger partial charge in [0.15, 0.2) is 5.82 Å². The monoisotopic (exact) mass is 258 g/mol. The van der Waals surface area contributed by atoms with Crippen LogP contribution in [0.1, 0.15) is 31.5 Å². The highest BCUT2D eigenvalue weighted by Gasteiger charge is 2.12. The Morgan fingerprint density at radius 1 is 1.37 bits per heavy atom. The zero-order chi connectivity index (χ0) is 13.4. The standard InChI is InChI=1S/C13H14N4O2/c1-8(2)13-15-11(16-19-13)7-17-10-5-6-14-9(10)3-4-12(17)18/h3-6,8,14H,7H2,1-2H3. The molecule has 3 rings (SSSR count). The van der Waals surface area contributed by atoms with E-state index in [0.717, 1.165) is 11.0 Å². The van der Waals surface area contributed by atoms with Crippen LogP contribution in [0.3, 0.4) is 0 Å². The molecule has 0 aromatic carbocycles. The van der Waals surface area contributed by atoms with Gasteiger partial charge in [-0.05, 0) is 12.1 Å². The number of pyridine rings is 1. The Morgan fingerprint density at radius 3 is 2.95 bits per heavy atom. The number of aromatic nitrogens is 4. The molecule has 0 aliphatic rings. The first-order valence-electron chi connectivity index (χ1n) is 6.14. The van der Waals surface area contributed by atoms with Gasteiger partial charge in [-0.3, -0.25) is 9.36 Å². The van der Waals surface area contributed by atoms with E-state index in [-0.39, 0.29) is 11.5 Å². The van der Waals surface area contributed by atoms with Gasteiger partial charge in [-0.1, -0.05) is 19.0 Å². The van der Waals surface area contributed by atoms with Crippen molar-refractivity contribution in [3.05, 3.63) is 46.5 Å². The molecule has 0 atom stereocenters. The molecule has 0 bridgehead atoms. The zero-order valence-electron chi connectivity index (χ0n) is 10.8. The predicted octanol–water partition coefficient (Wildman–Crippen LogP) is 1.88. The fraction of sp³-hybridized carbons (Fsp3) is 0.308. The summed E-state index contributed by atoms with van der Waals surface area (Å²) in [6.45, 7) is 4.27. The largest absolute Gasteiger partial charge is 0.360 e. The van der Waals surface area contributed by atoms with Gasteiger partial charge in [0.1, 0.15) is 0 Å². The Kier molecular flexibility index (Phi) is 2.70. The summed E-state index contributed by atoms with van der Waals surface area (Å²) >= 11 is 0. The minimum atomic E-state index is -0.0806. The van der Waals surface area contributed by atoms with E-state index in [9.17, 15) is 4.79 Å². The molecule has 0 aliphatic heterocycles. The summed E-state index contributed by atoms with van der Waals surface area (Å²) in [4.78, 5) is 19.3. The van der Waals surface area contributed by atoms with Crippen molar-refractivity contribution in [3.63, 3.8) is 0 Å². The number of nitrogens with one attached hydrogen (secondary N) is 1. The molecule has 0 saturated carbocycles. The van der Waals surface area contributed by atoms with E-state index in [0.29, 0.717) is 18.3 Å². The molecule has 0 aliphatic carbocycles. The van der Waals surface area contributed by atoms with Crippen LogP contribution < -0.4 is 5.56 Å². The van der Waals surface area contributed by atoms with Crippen LogP contribution in [0.2, 0.25) is 0 Å². The quantitative estimate of drug-likeness (QED) is 0.778. The predicted molar refractivity (Wildman–Crippen MR) is 70.0 cm³/mol. The van der Waals surface area contributed by atoms with Gasteiger partial charge >= 0.3 is 0 Å². The topological polar surface area (TPSA) is 76.7 Å². The number of fused-ring (bicyclic) bond motifs is 1. The number of H-pyrrole nitrogens is 1. The van der Waals surface area contributed by atoms with Crippen LogP contribution in [0.15, 0.2) is 33.7 Å². The SMILES string of the molecule is CC(C)c1nc(Cn2c(=O)ccc3[nH]ccc32)no1. The fourth-order valence-electron chi connectivity index (χ4n) is 1.98. The summed E-state index contributed by atoms with van der Waals surface area (Å²) in [5.74, 6) is 1.28. The average molecular weight is 258 g/mol. The molecular formula is C13H14N4O2. The molecule has 3 aromatic rings. The number of aromatic amines is 1. The maximum Gasteiger partial charge on any atom is 0.251 e. The molecule has 1 N–H and O–H groups in total. The van der Waals surface area contributed by atoms with E-state index < -0.39 is 0 Å². The molecule has 0 fully saturated rings. The molecule has 0 amide bonds. The lowest BCUT2D eigenvalue weighted by Gasteiger charge is -2.03. The third-order valence-electron chi connectivity index (χ3n) is 2.98. The molecule has 0 spiro atoms. The zero-order valence-corrected chi connectivity index (χ0v) is 10.8. The van der Waals surface area contributed by atoms with Crippen LogP contribution in [0.4, 0.5) is 0 Å². The van der Waals surface area contributed by atoms with Gasteiger partial charge in [-0.25, -0.2) is 0 Å². The second-order valence-electron chi connectivity index (χ2n) is 4.74. The summed E-state index contributed by atoms with van der Waals surface area (Å²) in [5, 5.41) is 3.91. The van der Waals surface area contributed by atoms with Gasteiger partial charge in [0.05, 0.1) is 17.6 Å². The highest BCUT2D eigenvalue weighted by molar-refractivity contribution is 5.75. The van der Waals surface area contributed by atoms with Gasteiger partial charge in [-0.15, -0.1) is 0 Å². The molecule has 0 unspecified atom stereocenters. The lowest BCUT2D eigenvalue weighted by molar-refractivity contribution is 0.360. The van der Waals surface area contributed by atoms with Gasteiger partial charge in [0.25, 0.3) is 5.56 Å². The number of hydrogen-bond donors (Lipinski definition) is 1. The molecular weight excluding hydrogens is 244 g/mol. The van der Waals surface area contributed by atoms with E-state index in [2.05, 4.69) is 15.1 Å². The number of rotatable bonds is 3. The third-order valence-corrected chi connectivity index (χ3v) is 2.98. The molecule has 0 radical (unpaired) electrons. The lowest BCUT2D eigenvalue weighted by Crippen LogP contribution is -2.20. The van der Waals surface area contributed by atoms with Crippen molar-refractivity contribution in [1.29, 1.82) is 0 Å². The molecule has 6 nitrogen and oxygen atoms in total. The first-order chi connectivity index (χ1) is 9.15. The van der Waals surface area contributed by atoms with E-state index in [1.807, 2.05) is 19.9 Å². The van der Waals surface area contributed by atoms with E-state index in [1.54, 1.807) is 16.8 Å². The summed E-state index contributed by atoms with van der Waals surface area (Å²) < 4.78 is 6.77. The normalized spacial score (nSPS) is 11.5. The number of hydrogen-bond acceptors (Lipinski definition) is 4. The van der Waals surface area contributed by atoms with Crippen LogP contribution in [0, 0.1) is 0 Å². The Labute approximate surface area is 109 Å². The van der Waals surface area contributed by atoms with E-state index >= 15 is 0 Å². The minimum Gasteiger partial charge on any atom is -0.360 e. The van der Waals surface area contributed by atoms with E-state index in [1.165, 1.54) is 6.07 Å². The molecule has 19 heavy (non-hydrogen) atoms. The molecule has 98 valence electrons. The van der Waals surface area contributed by atoms with Crippen molar-refractivity contribution in [1.82, 2.24) is 19.7 Å². The average Bonchev–Trinajstić information content (AvgIpc) is 3.01. The third kappa shape index (κ3) is 2.05. The molecule has 3 heterocycles. The Balaban J connectivity index is 2.02. The fourth-order valence-corrected chi connectivity index (χ4v) is 1.98. The molecule has 3 aromatic heterocycles. The Morgan fingerprint density at radius 2 is 2.21 bits per heavy atom. The summed E-state index contributed by atoms with van der Waals surface area (Å²) in [6, 6.07) is 5.16. The summed E-state index contributed by atoms with van der Waals surface area (Å²) in [5.41, 5.74) is 1.67. The minimum absolute atomic E-state index is 0.0806. The van der Waals surface area contributed by atoms with Crippen LogP contribution in [0.25, 0.3) is 11.0 Å². The maximum absolute atomic E-state index is 11.9. The summed E-state index contributed by atoms with van der Waals surface area (Å²) in [7, 11) is 0. The van der Waals surface area contributed by atoms with Crippen LogP contribution >= 0.6 is 0 Å². The van der Waals surface area contributed by atoms with Crippen LogP contribution in [0.5, 0.6) is 0 Å². The highest BCUT2D eigenvalue weighted by Crippen LogP contribution is 2.13. The van der Waals surface area contributed by atoms with Crippen molar-refractivity contribution in [2.24, 2.45) is 0 Å². The van der Waals surface area contributed by atoms with Crippen molar-refractivity contribution in [2.45, 2.75) is 26.3 Å². The highest BCUT2D eigenvalue weighted by atomic mass is 16.5. The molecule has 0 saturated heterocycles. The van der Waals surface area contributed by atoms with Crippen LogP contribution in [-0.4, -0.2) is 19.7 Å². The Hall–Kier alpha value is -2.37. The van der Waals surface area contributed by atoms with Gasteiger partial charge in [0, 0.05) is 18.2 Å². The first-order valence-corrected chi connectivity index (χ1v) is 6.14. The first kappa shape index (κ1) is 11.7. The second kappa shape index (κ2) is 4.38. The van der Waals surface area contributed by atoms with E-state index in [4.69, 9.17) is 4.52 Å². The Bertz CT molecular complexity index is 766. The van der Waals surface area contributed by atoms with Gasteiger partial charge < -0.3 is 9.51 Å².